The summed E-state index contributed by atoms with van der Waals surface area (Å²) in [4.78, 5) is 44.5. The molecule has 2 rings (SSSR count). The summed E-state index contributed by atoms with van der Waals surface area (Å²) >= 11 is 0. The van der Waals surface area contributed by atoms with E-state index < -0.39 is 5.72 Å². The van der Waals surface area contributed by atoms with Crippen LogP contribution in [-0.2, 0) is 29.4 Å². The zero-order valence-electron chi connectivity index (χ0n) is 31.0. The number of nitrogens with two attached hydrogens (primary N) is 2. The van der Waals surface area contributed by atoms with Gasteiger partial charge in [0.05, 0.1) is 6.42 Å². The zero-order chi connectivity index (χ0) is 34.8. The molecule has 2 heterocycles. The van der Waals surface area contributed by atoms with Gasteiger partial charge < -0.3 is 47.3 Å². The molecule has 47 heavy (non-hydrogen) atoms. The number of hydrogen-bond acceptors (Lipinski definition) is 8. The summed E-state index contributed by atoms with van der Waals surface area (Å²) in [5.41, 5.74) is 9.40. The largest absolute Gasteiger partial charge is 0.457 e. The topological polar surface area (TPSA) is 230 Å². The maximum atomic E-state index is 11.3. The van der Waals surface area contributed by atoms with E-state index in [9.17, 15) is 24.3 Å². The van der Waals surface area contributed by atoms with Crippen molar-refractivity contribution < 1.29 is 40.0 Å². The van der Waals surface area contributed by atoms with Crippen LogP contribution < -0.4 is 16.8 Å². The molecule has 0 saturated carbocycles. The molecule has 0 spiro atoms. The second kappa shape index (κ2) is 43.6. The van der Waals surface area contributed by atoms with Crippen LogP contribution >= 0.6 is 0 Å². The summed E-state index contributed by atoms with van der Waals surface area (Å²) in [5.74, 6) is 0.732. The minimum absolute atomic E-state index is 0. The quantitative estimate of drug-likeness (QED) is 0.117. The third-order valence-electron chi connectivity index (χ3n) is 5.93. The van der Waals surface area contributed by atoms with Crippen molar-refractivity contribution in [3.05, 3.63) is 11.8 Å². The lowest BCUT2D eigenvalue weighted by Gasteiger charge is -2.29. The lowest BCUT2D eigenvalue weighted by atomic mass is 10.2. The first-order valence-electron chi connectivity index (χ1n) is 16.8. The smallest absolute Gasteiger partial charge is 0.314 e. The van der Waals surface area contributed by atoms with Crippen LogP contribution in [0.4, 0.5) is 0 Å². The van der Waals surface area contributed by atoms with Crippen LogP contribution in [0.25, 0.3) is 0 Å². The number of allylic oxidation sites excluding steroid dienone is 1. The third-order valence-corrected chi connectivity index (χ3v) is 5.93. The Kier molecular flexibility index (Phi) is 55.7. The summed E-state index contributed by atoms with van der Waals surface area (Å²) in [6, 6.07) is 0. The number of carbonyl (C=O) groups excluding carboxylic acids is 4. The number of esters is 1. The van der Waals surface area contributed by atoms with E-state index in [0.717, 1.165) is 51.1 Å². The number of ketones is 1. The van der Waals surface area contributed by atoms with Gasteiger partial charge in [-0.2, -0.15) is 0 Å². The molecule has 286 valence electrons. The molecule has 1 atom stereocenters. The fraction of sp³-hybridized carbons (Fsp3) is 0.829. The van der Waals surface area contributed by atoms with Crippen LogP contribution in [0.15, 0.2) is 11.8 Å². The van der Waals surface area contributed by atoms with E-state index in [1.54, 1.807) is 24.8 Å². The molecule has 0 aliphatic carbocycles. The van der Waals surface area contributed by atoms with Gasteiger partial charge in [-0.3, -0.25) is 14.4 Å². The number of nitrogens with zero attached hydrogens (tertiary/aromatic N) is 1. The number of likely N-dealkylation sites (tertiary alicyclic amines) is 1. The van der Waals surface area contributed by atoms with Crippen LogP contribution in [0.2, 0.25) is 0 Å². The number of hydrogen-bond donors (Lipinski definition) is 4. The minimum atomic E-state index is -0.883. The predicted molar refractivity (Wildman–Crippen MR) is 198 cm³/mol. The van der Waals surface area contributed by atoms with Crippen molar-refractivity contribution in [3.63, 3.8) is 0 Å². The monoisotopic (exact) mass is 684 g/mol. The van der Waals surface area contributed by atoms with E-state index in [2.05, 4.69) is 51.6 Å². The normalized spacial score (nSPS) is 15.1. The fourth-order valence-corrected chi connectivity index (χ4v) is 3.24. The molecule has 1 fully saturated rings. The SMILES string of the molecule is C.CC1=CCC(=O)O1.CCC.CCCCN.CCCCN.CCCCN1C(=O)CCC1(C)O.CCCCNC(=O)CCC(C)=O.O.[OH3+]. The lowest BCUT2D eigenvalue weighted by molar-refractivity contribution is -0.142. The second-order valence-corrected chi connectivity index (χ2v) is 11.0. The molecular formula is C35H79N4O8+. The first kappa shape index (κ1) is 60.0. The number of amides is 2. The number of Topliss-reactive ketones (excluding diaryl/α,β-unsaturated/α-hetero) is 1. The Morgan fingerprint density at radius 1 is 0.936 bits per heavy atom. The van der Waals surface area contributed by atoms with Gasteiger partial charge in [0.2, 0.25) is 11.8 Å². The number of aliphatic hydroxyl groups is 1. The van der Waals surface area contributed by atoms with Crippen LogP contribution in [0.1, 0.15) is 160 Å². The molecule has 0 aromatic rings. The van der Waals surface area contributed by atoms with Gasteiger partial charge in [0, 0.05) is 38.8 Å². The highest BCUT2D eigenvalue weighted by Crippen LogP contribution is 2.27. The molecule has 2 aliphatic rings. The number of carbonyl (C=O) groups is 4. The van der Waals surface area contributed by atoms with Crippen molar-refractivity contribution in [2.75, 3.05) is 26.2 Å². The van der Waals surface area contributed by atoms with Gasteiger partial charge in [0.15, 0.2) is 0 Å². The second-order valence-electron chi connectivity index (χ2n) is 11.0. The van der Waals surface area contributed by atoms with Crippen molar-refractivity contribution in [3.8, 4) is 0 Å². The number of unbranched alkanes of at least 4 members (excludes halogenated alkanes) is 4. The molecule has 2 amide bonds. The maximum Gasteiger partial charge on any atom is 0.314 e. The van der Waals surface area contributed by atoms with Crippen LogP contribution in [0.5, 0.6) is 0 Å². The Morgan fingerprint density at radius 2 is 1.40 bits per heavy atom. The Bertz CT molecular complexity index is 737. The fourth-order valence-electron chi connectivity index (χ4n) is 3.24. The van der Waals surface area contributed by atoms with Gasteiger partial charge in [-0.25, -0.2) is 0 Å². The highest BCUT2D eigenvalue weighted by molar-refractivity contribution is 5.83. The van der Waals surface area contributed by atoms with Crippen molar-refractivity contribution in [2.24, 2.45) is 11.5 Å². The molecule has 12 nitrogen and oxygen atoms in total. The molecule has 11 N–H and O–H groups in total. The van der Waals surface area contributed by atoms with Gasteiger partial charge in [-0.05, 0) is 65.6 Å². The summed E-state index contributed by atoms with van der Waals surface area (Å²) in [5, 5.41) is 12.5. The van der Waals surface area contributed by atoms with Gasteiger partial charge in [-0.15, -0.1) is 0 Å². The van der Waals surface area contributed by atoms with Gasteiger partial charge in [0.25, 0.3) is 0 Å². The molecule has 1 unspecified atom stereocenters. The molecular weight excluding hydrogens is 604 g/mol. The summed E-state index contributed by atoms with van der Waals surface area (Å²) in [6.07, 6.45) is 14.1. The van der Waals surface area contributed by atoms with Gasteiger partial charge >= 0.3 is 5.97 Å². The highest BCUT2D eigenvalue weighted by atomic mass is 16.5. The molecule has 1 saturated heterocycles. The van der Waals surface area contributed by atoms with E-state index in [4.69, 9.17) is 11.5 Å². The molecule has 0 aromatic heterocycles. The maximum absolute atomic E-state index is 11.3. The standard InChI is InChI=1S/2C9H17NO2.C5H6O2.2C4H11N.C3H8.CH4.2H2O/c1-3-4-7-10-8(11)5-6-9(10,2)12;1-3-4-7-10-9(12)6-5-8(2)11;1-4-2-3-5(6)7-4;2*1-2-3-4-5;1-3-2;;;/h12H,3-7H2,1-2H3;3-7H2,1-2H3,(H,10,12);2H,3H2,1H3;2*2-5H2,1H3;3H2,1-2H3;1H4;2*1H2/p+1. The Balaban J connectivity index is -0.0000000854. The van der Waals surface area contributed by atoms with E-state index in [0.29, 0.717) is 38.6 Å². The number of cyclic esters (lactones) is 1. The number of nitrogens with one attached hydrogen (secondary N) is 1. The third kappa shape index (κ3) is 45.8. The molecule has 2 aliphatic heterocycles. The predicted octanol–water partition coefficient (Wildman–Crippen LogP) is 5.02. The Labute approximate surface area is 288 Å². The van der Waals surface area contributed by atoms with E-state index in [-0.39, 0.29) is 41.9 Å². The van der Waals surface area contributed by atoms with E-state index >= 15 is 0 Å². The lowest BCUT2D eigenvalue weighted by Crippen LogP contribution is -2.43. The van der Waals surface area contributed by atoms with Crippen LogP contribution in [0.3, 0.4) is 0 Å². The van der Waals surface area contributed by atoms with Crippen molar-refractivity contribution in [1.29, 1.82) is 0 Å². The first-order chi connectivity index (χ1) is 20.8. The average molecular weight is 684 g/mol. The zero-order valence-corrected chi connectivity index (χ0v) is 31.0. The van der Waals surface area contributed by atoms with Gasteiger partial charge in [0.1, 0.15) is 17.3 Å². The molecule has 0 aromatic carbocycles. The summed E-state index contributed by atoms with van der Waals surface area (Å²) in [7, 11) is 0. The average Bonchev–Trinajstić information content (AvgIpc) is 3.47. The van der Waals surface area contributed by atoms with Crippen LogP contribution in [0, 0.1) is 0 Å². The molecule has 0 radical (unpaired) electrons. The van der Waals surface area contributed by atoms with E-state index in [1.807, 2.05) is 0 Å². The van der Waals surface area contributed by atoms with Crippen molar-refractivity contribution in [1.82, 2.24) is 10.2 Å². The van der Waals surface area contributed by atoms with E-state index in [1.165, 1.54) is 39.0 Å². The highest BCUT2D eigenvalue weighted by Gasteiger charge is 2.38. The summed E-state index contributed by atoms with van der Waals surface area (Å²) < 4.78 is 4.58. The molecule has 12 heteroatoms. The number of rotatable bonds is 13. The number of ether oxygens (including phenoxy) is 1. The Hall–Kier alpha value is -2.38. The van der Waals surface area contributed by atoms with Crippen molar-refractivity contribution >= 4 is 23.6 Å². The minimum Gasteiger partial charge on any atom is -0.457 e. The van der Waals surface area contributed by atoms with Crippen LogP contribution in [-0.4, -0.2) is 71.0 Å². The summed E-state index contributed by atoms with van der Waals surface area (Å²) in [6.45, 7) is 20.8. The Morgan fingerprint density at radius 3 is 1.66 bits per heavy atom. The molecule has 0 bridgehead atoms. The van der Waals surface area contributed by atoms with Gasteiger partial charge in [-0.1, -0.05) is 81.1 Å². The first-order valence-corrected chi connectivity index (χ1v) is 16.8. The van der Waals surface area contributed by atoms with Crippen molar-refractivity contribution in [2.45, 2.75) is 165 Å².